The normalized spacial score (nSPS) is 11.2. The fourth-order valence-corrected chi connectivity index (χ4v) is 2.02. The molecule has 2 amide bonds. The van der Waals surface area contributed by atoms with E-state index in [1.54, 1.807) is 26.3 Å². The highest BCUT2D eigenvalue weighted by Gasteiger charge is 2.00. The monoisotopic (exact) mass is 310 g/mol. The van der Waals surface area contributed by atoms with Gasteiger partial charge in [0.05, 0.1) is 0 Å². The van der Waals surface area contributed by atoms with E-state index in [1.165, 1.54) is 12.8 Å². The number of carbonyl (C=O) groups is 2. The standard InChI is InChI=1S/C16H30N4O2/c1-3-17-19-15(21)13-11-9-7-5-6-8-10-12-14-16(22)20-18-4-2/h3-4H,5-14H2,1-2H3,(H,19,21)(H,20,22)/b17-3+,18-4+. The van der Waals surface area contributed by atoms with Crippen molar-refractivity contribution in [1.82, 2.24) is 10.9 Å². The van der Waals surface area contributed by atoms with Gasteiger partial charge in [0.1, 0.15) is 0 Å². The second kappa shape index (κ2) is 15.7. The number of nitrogens with one attached hydrogen (secondary N) is 2. The van der Waals surface area contributed by atoms with Crippen LogP contribution < -0.4 is 10.9 Å². The van der Waals surface area contributed by atoms with Crippen LogP contribution in [-0.2, 0) is 9.59 Å². The topological polar surface area (TPSA) is 82.9 Å². The summed E-state index contributed by atoms with van der Waals surface area (Å²) in [5.74, 6) is -0.0208. The summed E-state index contributed by atoms with van der Waals surface area (Å²) in [6, 6.07) is 0. The number of unbranched alkanes of at least 4 members (excludes halogenated alkanes) is 7. The fourth-order valence-electron chi connectivity index (χ4n) is 2.02. The van der Waals surface area contributed by atoms with Gasteiger partial charge in [-0.05, 0) is 26.7 Å². The zero-order valence-corrected chi connectivity index (χ0v) is 13.9. The second-order valence-corrected chi connectivity index (χ2v) is 5.17. The molecule has 0 aromatic carbocycles. The summed E-state index contributed by atoms with van der Waals surface area (Å²) in [4.78, 5) is 22.5. The lowest BCUT2D eigenvalue weighted by atomic mass is 10.1. The number of nitrogens with zero attached hydrogens (tertiary/aromatic N) is 2. The van der Waals surface area contributed by atoms with E-state index < -0.39 is 0 Å². The van der Waals surface area contributed by atoms with Gasteiger partial charge < -0.3 is 0 Å². The van der Waals surface area contributed by atoms with Crippen LogP contribution in [0.15, 0.2) is 10.2 Å². The summed E-state index contributed by atoms with van der Waals surface area (Å²) in [5, 5.41) is 7.39. The van der Waals surface area contributed by atoms with Crippen molar-refractivity contribution in [2.45, 2.75) is 78.1 Å². The van der Waals surface area contributed by atoms with Crippen LogP contribution in [0.4, 0.5) is 0 Å². The van der Waals surface area contributed by atoms with Gasteiger partial charge in [0, 0.05) is 25.3 Å². The predicted octanol–water partition coefficient (Wildman–Crippen LogP) is 3.13. The summed E-state index contributed by atoms with van der Waals surface area (Å²) >= 11 is 0. The Kier molecular flexibility index (Phi) is 14.4. The minimum atomic E-state index is -0.0104. The van der Waals surface area contributed by atoms with Gasteiger partial charge in [-0.1, -0.05) is 38.5 Å². The Morgan fingerprint density at radius 3 is 1.32 bits per heavy atom. The van der Waals surface area contributed by atoms with Crippen LogP contribution in [0.3, 0.4) is 0 Å². The third-order valence-electron chi connectivity index (χ3n) is 3.19. The SMILES string of the molecule is C/C=N/NC(=O)CCCCCCCCCCC(=O)N/N=C/C. The maximum absolute atomic E-state index is 11.3. The predicted molar refractivity (Wildman–Crippen MR) is 90.8 cm³/mol. The zero-order chi connectivity index (χ0) is 16.5. The molecule has 0 saturated carbocycles. The summed E-state index contributed by atoms with van der Waals surface area (Å²) in [6.45, 7) is 3.54. The average Bonchev–Trinajstić information content (AvgIpc) is 2.52. The fraction of sp³-hybridized carbons (Fsp3) is 0.750. The second-order valence-electron chi connectivity index (χ2n) is 5.17. The van der Waals surface area contributed by atoms with Gasteiger partial charge in [-0.2, -0.15) is 10.2 Å². The zero-order valence-electron chi connectivity index (χ0n) is 13.9. The van der Waals surface area contributed by atoms with Gasteiger partial charge in [-0.15, -0.1) is 0 Å². The molecule has 0 heterocycles. The molecule has 0 radical (unpaired) electrons. The van der Waals surface area contributed by atoms with Crippen molar-refractivity contribution in [3.63, 3.8) is 0 Å². The molecule has 2 N–H and O–H groups in total. The first-order valence-electron chi connectivity index (χ1n) is 8.23. The highest BCUT2D eigenvalue weighted by molar-refractivity contribution is 5.76. The molecule has 0 aromatic heterocycles. The lowest BCUT2D eigenvalue weighted by molar-refractivity contribution is -0.122. The number of hydrazone groups is 2. The van der Waals surface area contributed by atoms with Crippen LogP contribution >= 0.6 is 0 Å². The van der Waals surface area contributed by atoms with E-state index in [-0.39, 0.29) is 11.8 Å². The summed E-state index contributed by atoms with van der Waals surface area (Å²) in [7, 11) is 0. The highest BCUT2D eigenvalue weighted by Crippen LogP contribution is 2.10. The molecule has 0 aliphatic rings. The molecule has 0 aromatic rings. The van der Waals surface area contributed by atoms with Crippen molar-refractivity contribution in [2.24, 2.45) is 10.2 Å². The number of amides is 2. The van der Waals surface area contributed by atoms with E-state index in [4.69, 9.17) is 0 Å². The summed E-state index contributed by atoms with van der Waals surface area (Å²) in [5.41, 5.74) is 4.94. The summed E-state index contributed by atoms with van der Waals surface area (Å²) in [6.07, 6.45) is 13.0. The molecule has 0 rings (SSSR count). The van der Waals surface area contributed by atoms with E-state index in [9.17, 15) is 9.59 Å². The Hall–Kier alpha value is -1.72. The van der Waals surface area contributed by atoms with Gasteiger partial charge in [-0.3, -0.25) is 9.59 Å². The maximum atomic E-state index is 11.3. The molecule has 0 bridgehead atoms. The molecule has 0 unspecified atom stereocenters. The Morgan fingerprint density at radius 2 is 1.00 bits per heavy atom. The van der Waals surface area contributed by atoms with Crippen molar-refractivity contribution < 1.29 is 9.59 Å². The Balaban J connectivity index is 3.23. The van der Waals surface area contributed by atoms with Crippen molar-refractivity contribution >= 4 is 24.2 Å². The van der Waals surface area contributed by atoms with Crippen LogP contribution in [0, 0.1) is 0 Å². The Labute approximate surface area is 133 Å². The van der Waals surface area contributed by atoms with Crippen LogP contribution in [0.1, 0.15) is 78.1 Å². The van der Waals surface area contributed by atoms with Gasteiger partial charge in [-0.25, -0.2) is 10.9 Å². The lowest BCUT2D eigenvalue weighted by Crippen LogP contribution is -2.16. The largest absolute Gasteiger partial charge is 0.273 e. The molecule has 6 heteroatoms. The molecule has 0 aliphatic carbocycles. The van der Waals surface area contributed by atoms with Crippen molar-refractivity contribution in [1.29, 1.82) is 0 Å². The molecule has 0 atom stereocenters. The van der Waals surface area contributed by atoms with E-state index in [2.05, 4.69) is 21.1 Å². The van der Waals surface area contributed by atoms with Gasteiger partial charge in [0.25, 0.3) is 0 Å². The number of rotatable bonds is 13. The third kappa shape index (κ3) is 14.7. The lowest BCUT2D eigenvalue weighted by Gasteiger charge is -2.02. The Morgan fingerprint density at radius 1 is 0.682 bits per heavy atom. The van der Waals surface area contributed by atoms with Crippen molar-refractivity contribution in [3.8, 4) is 0 Å². The smallest absolute Gasteiger partial charge is 0.240 e. The Bertz CT molecular complexity index is 320. The molecule has 0 saturated heterocycles. The van der Waals surface area contributed by atoms with Crippen molar-refractivity contribution in [3.05, 3.63) is 0 Å². The van der Waals surface area contributed by atoms with Gasteiger partial charge in [0.15, 0.2) is 0 Å². The van der Waals surface area contributed by atoms with E-state index in [1.807, 2.05) is 0 Å². The molecule has 6 nitrogen and oxygen atoms in total. The molecule has 22 heavy (non-hydrogen) atoms. The van der Waals surface area contributed by atoms with Crippen LogP contribution in [0.5, 0.6) is 0 Å². The summed E-state index contributed by atoms with van der Waals surface area (Å²) < 4.78 is 0. The molecule has 0 fully saturated rings. The van der Waals surface area contributed by atoms with Crippen LogP contribution in [0.25, 0.3) is 0 Å². The molecule has 0 spiro atoms. The molecular weight excluding hydrogens is 280 g/mol. The molecular formula is C16H30N4O2. The minimum absolute atomic E-state index is 0.0104. The van der Waals surface area contributed by atoms with Crippen LogP contribution in [0.2, 0.25) is 0 Å². The first-order valence-corrected chi connectivity index (χ1v) is 8.23. The maximum Gasteiger partial charge on any atom is 0.240 e. The quantitative estimate of drug-likeness (QED) is 0.311. The van der Waals surface area contributed by atoms with Crippen LogP contribution in [-0.4, -0.2) is 24.2 Å². The van der Waals surface area contributed by atoms with E-state index in [0.717, 1.165) is 38.5 Å². The van der Waals surface area contributed by atoms with Gasteiger partial charge in [0.2, 0.25) is 11.8 Å². The van der Waals surface area contributed by atoms with E-state index >= 15 is 0 Å². The highest BCUT2D eigenvalue weighted by atomic mass is 16.2. The third-order valence-corrected chi connectivity index (χ3v) is 3.19. The molecule has 126 valence electrons. The van der Waals surface area contributed by atoms with Gasteiger partial charge >= 0.3 is 0 Å². The van der Waals surface area contributed by atoms with Crippen molar-refractivity contribution in [2.75, 3.05) is 0 Å². The number of hydrogen-bond acceptors (Lipinski definition) is 4. The number of hydrogen-bond donors (Lipinski definition) is 2. The minimum Gasteiger partial charge on any atom is -0.273 e. The van der Waals surface area contributed by atoms with E-state index in [0.29, 0.717) is 12.8 Å². The average molecular weight is 310 g/mol. The first kappa shape index (κ1) is 20.3. The number of carbonyl (C=O) groups excluding carboxylic acids is 2. The molecule has 0 aliphatic heterocycles. The first-order chi connectivity index (χ1) is 10.7.